The normalized spacial score (nSPS) is 17.7. The number of ether oxygens (including phenoxy) is 2. The third-order valence-corrected chi connectivity index (χ3v) is 6.95. The van der Waals surface area contributed by atoms with Crippen molar-refractivity contribution in [3.63, 3.8) is 0 Å². The fourth-order valence-electron chi connectivity index (χ4n) is 4.78. The van der Waals surface area contributed by atoms with Crippen LogP contribution in [0.15, 0.2) is 61.1 Å². The summed E-state index contributed by atoms with van der Waals surface area (Å²) in [4.78, 5) is 31.8. The number of nitrogens with zero attached hydrogens (tertiary/aromatic N) is 6. The summed E-state index contributed by atoms with van der Waals surface area (Å²) in [6.07, 6.45) is 9.17. The molecule has 0 aliphatic carbocycles. The molecule has 5 heterocycles. The number of rotatable bonds is 9. The van der Waals surface area contributed by atoms with Crippen LogP contribution in [0.1, 0.15) is 40.4 Å². The van der Waals surface area contributed by atoms with E-state index < -0.39 is 5.97 Å². The molecule has 0 spiro atoms. The monoisotopic (exact) mass is 512 g/mol. The quantitative estimate of drug-likeness (QED) is 0.359. The summed E-state index contributed by atoms with van der Waals surface area (Å²) in [5, 5.41) is 9.47. The van der Waals surface area contributed by atoms with Gasteiger partial charge in [-0.2, -0.15) is 0 Å². The van der Waals surface area contributed by atoms with Crippen molar-refractivity contribution in [3.05, 3.63) is 83.8 Å². The molecule has 1 atom stereocenters. The van der Waals surface area contributed by atoms with Crippen LogP contribution in [0.2, 0.25) is 0 Å². The summed E-state index contributed by atoms with van der Waals surface area (Å²) in [6.45, 7) is 4.07. The molecule has 10 nitrogen and oxygen atoms in total. The lowest BCUT2D eigenvalue weighted by molar-refractivity contribution is -0.0591. The zero-order valence-corrected chi connectivity index (χ0v) is 20.9. The number of benzene rings is 1. The Morgan fingerprint density at radius 1 is 1.18 bits per heavy atom. The van der Waals surface area contributed by atoms with E-state index in [2.05, 4.69) is 25.5 Å². The van der Waals surface area contributed by atoms with Crippen molar-refractivity contribution in [3.8, 4) is 5.88 Å². The van der Waals surface area contributed by atoms with Gasteiger partial charge in [-0.1, -0.05) is 12.1 Å². The number of fused-ring (bicyclic) bond motifs is 1. The zero-order valence-electron chi connectivity index (χ0n) is 20.9. The van der Waals surface area contributed by atoms with Crippen LogP contribution in [0.3, 0.4) is 0 Å². The minimum absolute atomic E-state index is 0.141. The average molecular weight is 513 g/mol. The largest absolute Gasteiger partial charge is 0.478 e. The van der Waals surface area contributed by atoms with Crippen molar-refractivity contribution in [1.29, 1.82) is 0 Å². The van der Waals surface area contributed by atoms with E-state index in [-0.39, 0.29) is 11.7 Å². The second-order valence-corrected chi connectivity index (χ2v) is 9.49. The van der Waals surface area contributed by atoms with Gasteiger partial charge in [-0.15, -0.1) is 0 Å². The van der Waals surface area contributed by atoms with Gasteiger partial charge in [0, 0.05) is 38.2 Å². The van der Waals surface area contributed by atoms with Crippen LogP contribution in [0.5, 0.6) is 5.88 Å². The first-order chi connectivity index (χ1) is 18.6. The lowest BCUT2D eigenvalue weighted by Gasteiger charge is -2.29. The molecule has 0 amide bonds. The number of aromatic carboxylic acids is 1. The molecule has 0 unspecified atom stereocenters. The van der Waals surface area contributed by atoms with Gasteiger partial charge >= 0.3 is 5.97 Å². The van der Waals surface area contributed by atoms with Crippen molar-refractivity contribution < 1.29 is 19.4 Å². The van der Waals surface area contributed by atoms with Crippen LogP contribution in [0.25, 0.3) is 16.6 Å². The SMILES string of the molecule is O=C(O)c1ccc2nc(CN3CC=C(c4cccc(OCc5cnccn5)n4)CC3)n(C[C@@H]3CCO3)c2c1. The molecule has 194 valence electrons. The summed E-state index contributed by atoms with van der Waals surface area (Å²) in [5.74, 6) is 0.545. The predicted molar refractivity (Wildman–Crippen MR) is 140 cm³/mol. The second kappa shape index (κ2) is 10.7. The fourth-order valence-corrected chi connectivity index (χ4v) is 4.78. The van der Waals surface area contributed by atoms with Crippen molar-refractivity contribution in [1.82, 2.24) is 29.4 Å². The molecule has 2 aliphatic rings. The van der Waals surface area contributed by atoms with Crippen LogP contribution in [-0.4, -0.2) is 66.3 Å². The maximum absolute atomic E-state index is 11.6. The van der Waals surface area contributed by atoms with Gasteiger partial charge < -0.3 is 19.1 Å². The minimum atomic E-state index is -0.938. The van der Waals surface area contributed by atoms with E-state index >= 15 is 0 Å². The van der Waals surface area contributed by atoms with Gasteiger partial charge in [0.15, 0.2) is 0 Å². The molecule has 2 aliphatic heterocycles. The molecule has 6 rings (SSSR count). The Bertz CT molecular complexity index is 1480. The van der Waals surface area contributed by atoms with Gasteiger partial charge in [-0.05, 0) is 42.7 Å². The number of carbonyl (C=O) groups is 1. The van der Waals surface area contributed by atoms with Crippen LogP contribution in [0, 0.1) is 0 Å². The standard InChI is InChI=1S/C28H28N6O4/c35-28(36)20-4-5-24-25(14-20)34(16-22-8-13-37-22)26(31-24)17-33-11-6-19(7-12-33)23-2-1-3-27(32-23)38-18-21-15-29-9-10-30-21/h1-6,9-10,14-15,22H,7-8,11-13,16-18H2,(H,35,36)/t22-/m0/s1. The average Bonchev–Trinajstić information content (AvgIpc) is 3.26. The lowest BCUT2D eigenvalue weighted by Crippen LogP contribution is -2.33. The molecular formula is C28H28N6O4. The lowest BCUT2D eigenvalue weighted by atomic mass is 10.0. The Labute approximate surface area is 219 Å². The number of aromatic nitrogens is 5. The summed E-state index contributed by atoms with van der Waals surface area (Å²) in [5.41, 5.74) is 4.76. The Hall–Kier alpha value is -4.15. The number of hydrogen-bond acceptors (Lipinski definition) is 8. The van der Waals surface area contributed by atoms with E-state index in [9.17, 15) is 9.90 Å². The summed E-state index contributed by atoms with van der Waals surface area (Å²) in [7, 11) is 0. The van der Waals surface area contributed by atoms with Crippen molar-refractivity contribution in [2.45, 2.75) is 38.6 Å². The van der Waals surface area contributed by atoms with Crippen LogP contribution >= 0.6 is 0 Å². The first kappa shape index (κ1) is 24.2. The fraction of sp³-hybridized carbons (Fsp3) is 0.321. The van der Waals surface area contributed by atoms with Crippen LogP contribution in [0.4, 0.5) is 0 Å². The van der Waals surface area contributed by atoms with Crippen molar-refractivity contribution in [2.24, 2.45) is 0 Å². The molecule has 1 fully saturated rings. The smallest absolute Gasteiger partial charge is 0.335 e. The van der Waals surface area contributed by atoms with Crippen LogP contribution < -0.4 is 4.74 Å². The molecule has 0 bridgehead atoms. The Kier molecular flexibility index (Phi) is 6.80. The third-order valence-electron chi connectivity index (χ3n) is 6.95. The van der Waals surface area contributed by atoms with E-state index in [4.69, 9.17) is 19.4 Å². The molecule has 1 aromatic carbocycles. The summed E-state index contributed by atoms with van der Waals surface area (Å²) >= 11 is 0. The molecule has 0 saturated carbocycles. The molecule has 1 saturated heterocycles. The van der Waals surface area contributed by atoms with Gasteiger partial charge in [0.05, 0.1) is 53.4 Å². The third kappa shape index (κ3) is 5.27. The first-order valence-corrected chi connectivity index (χ1v) is 12.7. The molecule has 1 N–H and O–H groups in total. The number of carboxylic acid groups (broad SMARTS) is 1. The molecule has 0 radical (unpaired) electrons. The number of pyridine rings is 1. The number of imidazole rings is 1. The molecule has 10 heteroatoms. The Balaban J connectivity index is 1.16. The maximum Gasteiger partial charge on any atom is 0.335 e. The van der Waals surface area contributed by atoms with E-state index in [0.717, 1.165) is 60.8 Å². The highest BCUT2D eigenvalue weighted by atomic mass is 16.5. The Morgan fingerprint density at radius 3 is 2.84 bits per heavy atom. The van der Waals surface area contributed by atoms with E-state index in [1.807, 2.05) is 18.2 Å². The van der Waals surface area contributed by atoms with E-state index in [1.165, 1.54) is 5.57 Å². The highest BCUT2D eigenvalue weighted by Crippen LogP contribution is 2.26. The van der Waals surface area contributed by atoms with Gasteiger partial charge in [-0.25, -0.2) is 14.8 Å². The van der Waals surface area contributed by atoms with Gasteiger partial charge in [-0.3, -0.25) is 14.9 Å². The molecular weight excluding hydrogens is 484 g/mol. The zero-order chi connectivity index (χ0) is 25.9. The molecule has 4 aromatic rings. The van der Waals surface area contributed by atoms with Crippen LogP contribution in [-0.2, 0) is 24.4 Å². The molecule has 3 aromatic heterocycles. The first-order valence-electron chi connectivity index (χ1n) is 12.7. The van der Waals surface area contributed by atoms with E-state index in [1.54, 1.807) is 36.8 Å². The molecule has 38 heavy (non-hydrogen) atoms. The topological polar surface area (TPSA) is 115 Å². The van der Waals surface area contributed by atoms with Gasteiger partial charge in [0.25, 0.3) is 0 Å². The highest BCUT2D eigenvalue weighted by molar-refractivity contribution is 5.92. The summed E-state index contributed by atoms with van der Waals surface area (Å²) < 4.78 is 13.6. The second-order valence-electron chi connectivity index (χ2n) is 9.49. The predicted octanol–water partition coefficient (Wildman–Crippen LogP) is 3.58. The minimum Gasteiger partial charge on any atom is -0.478 e. The summed E-state index contributed by atoms with van der Waals surface area (Å²) in [6, 6.07) is 10.9. The van der Waals surface area contributed by atoms with Gasteiger partial charge in [0.2, 0.25) is 5.88 Å². The number of hydrogen-bond donors (Lipinski definition) is 1. The Morgan fingerprint density at radius 2 is 2.11 bits per heavy atom. The highest BCUT2D eigenvalue weighted by Gasteiger charge is 2.24. The van der Waals surface area contributed by atoms with Crippen molar-refractivity contribution in [2.75, 3.05) is 19.7 Å². The maximum atomic E-state index is 11.6. The van der Waals surface area contributed by atoms with Gasteiger partial charge in [0.1, 0.15) is 12.4 Å². The number of carboxylic acids is 1. The van der Waals surface area contributed by atoms with E-state index in [0.29, 0.717) is 25.6 Å². The van der Waals surface area contributed by atoms with Crippen molar-refractivity contribution >= 4 is 22.6 Å².